The number of hydrogen-bond acceptors (Lipinski definition) is 2. The molecule has 1 aromatic rings. The van der Waals surface area contributed by atoms with Gasteiger partial charge in [-0.15, -0.1) is 0 Å². The van der Waals surface area contributed by atoms with Gasteiger partial charge < -0.3 is 10.2 Å². The Morgan fingerprint density at radius 3 is 2.35 bits per heavy atom. The van der Waals surface area contributed by atoms with Crippen LogP contribution in [-0.4, -0.2) is 22.3 Å². The smallest absolute Gasteiger partial charge is 0.305 e. The van der Waals surface area contributed by atoms with Crippen molar-refractivity contribution in [3.05, 3.63) is 35.4 Å². The SMILES string of the molecule is CCCCc1ccc(C[C@@H](O)CC(=O)O)cc1. The third kappa shape index (κ3) is 5.50. The molecule has 1 rings (SSSR count). The summed E-state index contributed by atoms with van der Waals surface area (Å²) in [4.78, 5) is 10.4. The summed E-state index contributed by atoms with van der Waals surface area (Å²) in [6.45, 7) is 2.16. The van der Waals surface area contributed by atoms with Crippen molar-refractivity contribution in [3.63, 3.8) is 0 Å². The summed E-state index contributed by atoms with van der Waals surface area (Å²) in [7, 11) is 0. The minimum Gasteiger partial charge on any atom is -0.481 e. The van der Waals surface area contributed by atoms with Crippen LogP contribution in [0.5, 0.6) is 0 Å². The molecule has 0 amide bonds. The van der Waals surface area contributed by atoms with Crippen molar-refractivity contribution in [1.82, 2.24) is 0 Å². The average Bonchev–Trinajstić information content (AvgIpc) is 2.27. The van der Waals surface area contributed by atoms with Crippen LogP contribution in [-0.2, 0) is 17.6 Å². The maximum atomic E-state index is 10.4. The summed E-state index contributed by atoms with van der Waals surface area (Å²) in [6.07, 6.45) is 2.85. The predicted octanol–water partition coefficient (Wildman–Crippen LogP) is 2.41. The van der Waals surface area contributed by atoms with E-state index in [4.69, 9.17) is 5.11 Å². The number of unbranched alkanes of at least 4 members (excludes halogenated alkanes) is 1. The first kappa shape index (κ1) is 13.7. The molecule has 0 aliphatic carbocycles. The van der Waals surface area contributed by atoms with Crippen molar-refractivity contribution < 1.29 is 15.0 Å². The van der Waals surface area contributed by atoms with Gasteiger partial charge in [0.25, 0.3) is 0 Å². The van der Waals surface area contributed by atoms with Crippen LogP contribution in [0.4, 0.5) is 0 Å². The molecule has 0 heterocycles. The van der Waals surface area contributed by atoms with Gasteiger partial charge in [0.15, 0.2) is 0 Å². The quantitative estimate of drug-likeness (QED) is 0.764. The molecule has 3 nitrogen and oxygen atoms in total. The van der Waals surface area contributed by atoms with Gasteiger partial charge in [-0.2, -0.15) is 0 Å². The first-order valence-electron chi connectivity index (χ1n) is 6.09. The number of aliphatic carboxylic acids is 1. The zero-order chi connectivity index (χ0) is 12.7. The normalized spacial score (nSPS) is 12.4. The summed E-state index contributed by atoms with van der Waals surface area (Å²) in [6, 6.07) is 8.04. The monoisotopic (exact) mass is 236 g/mol. The Hall–Kier alpha value is -1.35. The van der Waals surface area contributed by atoms with Gasteiger partial charge in [0.1, 0.15) is 0 Å². The van der Waals surface area contributed by atoms with Crippen LogP contribution >= 0.6 is 0 Å². The molecule has 1 aromatic carbocycles. The molecule has 0 spiro atoms. The van der Waals surface area contributed by atoms with E-state index in [0.717, 1.165) is 12.0 Å². The molecule has 0 unspecified atom stereocenters. The van der Waals surface area contributed by atoms with E-state index in [1.807, 2.05) is 12.1 Å². The van der Waals surface area contributed by atoms with Crippen LogP contribution in [0.3, 0.4) is 0 Å². The number of aliphatic hydroxyl groups is 1. The van der Waals surface area contributed by atoms with Gasteiger partial charge in [0.2, 0.25) is 0 Å². The van der Waals surface area contributed by atoms with Crippen LogP contribution in [0.15, 0.2) is 24.3 Å². The number of benzene rings is 1. The molecule has 0 aliphatic rings. The van der Waals surface area contributed by atoms with Crippen molar-refractivity contribution >= 4 is 5.97 Å². The van der Waals surface area contributed by atoms with E-state index in [2.05, 4.69) is 19.1 Å². The van der Waals surface area contributed by atoms with Crippen LogP contribution in [0.1, 0.15) is 37.3 Å². The molecule has 1 atom stereocenters. The summed E-state index contributed by atoms with van der Waals surface area (Å²) in [5.74, 6) is -0.961. The van der Waals surface area contributed by atoms with Crippen LogP contribution in [0.25, 0.3) is 0 Å². The molecule has 0 saturated heterocycles. The second kappa shape index (κ2) is 7.07. The van der Waals surface area contributed by atoms with Crippen LogP contribution in [0, 0.1) is 0 Å². The Bertz CT molecular complexity index is 343. The molecule has 0 aromatic heterocycles. The van der Waals surface area contributed by atoms with E-state index in [-0.39, 0.29) is 6.42 Å². The highest BCUT2D eigenvalue weighted by Crippen LogP contribution is 2.10. The van der Waals surface area contributed by atoms with Gasteiger partial charge in [-0.05, 0) is 30.4 Å². The number of hydrogen-bond donors (Lipinski definition) is 2. The van der Waals surface area contributed by atoms with Crippen molar-refractivity contribution in [1.29, 1.82) is 0 Å². The van der Waals surface area contributed by atoms with Gasteiger partial charge in [0.05, 0.1) is 12.5 Å². The second-order valence-corrected chi connectivity index (χ2v) is 4.38. The molecule has 0 radical (unpaired) electrons. The highest BCUT2D eigenvalue weighted by molar-refractivity contribution is 5.67. The topological polar surface area (TPSA) is 57.5 Å². The minimum absolute atomic E-state index is 0.197. The molecule has 17 heavy (non-hydrogen) atoms. The summed E-state index contributed by atoms with van der Waals surface area (Å²) in [5.41, 5.74) is 2.28. The fraction of sp³-hybridized carbons (Fsp3) is 0.500. The lowest BCUT2D eigenvalue weighted by atomic mass is 10.0. The lowest BCUT2D eigenvalue weighted by molar-refractivity contribution is -0.139. The lowest BCUT2D eigenvalue weighted by Gasteiger charge is -2.08. The Balaban J connectivity index is 2.47. The first-order chi connectivity index (χ1) is 8.11. The Labute approximate surface area is 102 Å². The van der Waals surface area contributed by atoms with Gasteiger partial charge in [-0.25, -0.2) is 0 Å². The molecule has 0 aliphatic heterocycles. The van der Waals surface area contributed by atoms with E-state index in [9.17, 15) is 9.90 Å². The fourth-order valence-corrected chi connectivity index (χ4v) is 1.77. The third-order valence-electron chi connectivity index (χ3n) is 2.72. The van der Waals surface area contributed by atoms with E-state index in [1.54, 1.807) is 0 Å². The van der Waals surface area contributed by atoms with Crippen molar-refractivity contribution in [2.24, 2.45) is 0 Å². The fourth-order valence-electron chi connectivity index (χ4n) is 1.77. The number of rotatable bonds is 7. The molecular formula is C14H20O3. The van der Waals surface area contributed by atoms with Gasteiger partial charge in [-0.3, -0.25) is 4.79 Å². The van der Waals surface area contributed by atoms with E-state index in [0.29, 0.717) is 6.42 Å². The summed E-state index contributed by atoms with van der Waals surface area (Å²) >= 11 is 0. The molecule has 3 heteroatoms. The third-order valence-corrected chi connectivity index (χ3v) is 2.72. The number of carbonyl (C=O) groups is 1. The summed E-state index contributed by atoms with van der Waals surface area (Å²) in [5, 5.41) is 18.0. The van der Waals surface area contributed by atoms with Crippen LogP contribution in [0.2, 0.25) is 0 Å². The largest absolute Gasteiger partial charge is 0.481 e. The van der Waals surface area contributed by atoms with E-state index in [1.165, 1.54) is 18.4 Å². The van der Waals surface area contributed by atoms with E-state index < -0.39 is 12.1 Å². The average molecular weight is 236 g/mol. The molecule has 0 saturated carbocycles. The Morgan fingerprint density at radius 2 is 1.82 bits per heavy atom. The van der Waals surface area contributed by atoms with Crippen molar-refractivity contribution in [2.45, 2.75) is 45.1 Å². The van der Waals surface area contributed by atoms with Crippen LogP contribution < -0.4 is 0 Å². The maximum Gasteiger partial charge on any atom is 0.305 e. The number of carboxylic acid groups (broad SMARTS) is 1. The Kier molecular flexibility index (Phi) is 5.70. The van der Waals surface area contributed by atoms with Crippen molar-refractivity contribution in [2.75, 3.05) is 0 Å². The zero-order valence-corrected chi connectivity index (χ0v) is 10.2. The highest BCUT2D eigenvalue weighted by atomic mass is 16.4. The van der Waals surface area contributed by atoms with E-state index >= 15 is 0 Å². The Morgan fingerprint density at radius 1 is 1.24 bits per heavy atom. The molecular weight excluding hydrogens is 216 g/mol. The number of aliphatic hydroxyl groups excluding tert-OH is 1. The first-order valence-corrected chi connectivity index (χ1v) is 6.09. The summed E-state index contributed by atoms with van der Waals surface area (Å²) < 4.78 is 0. The second-order valence-electron chi connectivity index (χ2n) is 4.38. The predicted molar refractivity (Wildman–Crippen MR) is 67.0 cm³/mol. The molecule has 0 bridgehead atoms. The number of aryl methyl sites for hydroxylation is 1. The molecule has 94 valence electrons. The zero-order valence-electron chi connectivity index (χ0n) is 10.2. The maximum absolute atomic E-state index is 10.4. The number of carboxylic acids is 1. The minimum atomic E-state index is -0.961. The van der Waals surface area contributed by atoms with Gasteiger partial charge >= 0.3 is 5.97 Å². The lowest BCUT2D eigenvalue weighted by Crippen LogP contribution is -2.15. The highest BCUT2D eigenvalue weighted by Gasteiger charge is 2.09. The van der Waals surface area contributed by atoms with Gasteiger partial charge in [0, 0.05) is 0 Å². The molecule has 2 N–H and O–H groups in total. The van der Waals surface area contributed by atoms with Gasteiger partial charge in [-0.1, -0.05) is 37.6 Å². The molecule has 0 fully saturated rings. The standard InChI is InChI=1S/C14H20O3/c1-2-3-4-11-5-7-12(8-6-11)9-13(15)10-14(16)17/h5-8,13,15H,2-4,9-10H2,1H3,(H,16,17)/t13-/m1/s1. The van der Waals surface area contributed by atoms with Crippen molar-refractivity contribution in [3.8, 4) is 0 Å².